The Morgan fingerprint density at radius 1 is 0.375 bits per heavy atom. The smallest absolute Gasteiger partial charge is 0.238 e. The first kappa shape index (κ1) is 26.6. The van der Waals surface area contributed by atoms with Crippen LogP contribution >= 0.6 is 0 Å². The SMILES string of the molecule is c1ccc(-c2nc(-c3cccc4c3c3ccccc3n4-c3ccccc3)nc(-n3c4ccccc4c4ccc5ccccc5c43)n2)cc1. The van der Waals surface area contributed by atoms with E-state index in [1.54, 1.807) is 0 Å². The van der Waals surface area contributed by atoms with Gasteiger partial charge in [-0.05, 0) is 35.7 Å². The molecule has 0 fully saturated rings. The quantitative estimate of drug-likeness (QED) is 0.198. The van der Waals surface area contributed by atoms with E-state index in [4.69, 9.17) is 15.0 Å². The molecule has 0 radical (unpaired) electrons. The van der Waals surface area contributed by atoms with E-state index in [1.165, 1.54) is 10.8 Å². The molecule has 7 aromatic carbocycles. The van der Waals surface area contributed by atoms with Gasteiger partial charge in [-0.25, -0.2) is 4.98 Å². The summed E-state index contributed by atoms with van der Waals surface area (Å²) in [6.45, 7) is 0. The number of rotatable bonds is 4. The summed E-state index contributed by atoms with van der Waals surface area (Å²) in [7, 11) is 0. The number of para-hydroxylation sites is 3. The molecule has 0 amide bonds. The molecule has 5 nitrogen and oxygen atoms in total. The minimum Gasteiger partial charge on any atom is -0.309 e. The highest BCUT2D eigenvalue weighted by atomic mass is 15.2. The van der Waals surface area contributed by atoms with E-state index in [0.717, 1.165) is 60.4 Å². The second-order valence-corrected chi connectivity index (χ2v) is 12.1. The van der Waals surface area contributed by atoms with Gasteiger partial charge in [0.05, 0.1) is 22.1 Å². The van der Waals surface area contributed by atoms with Crippen LogP contribution in [0.3, 0.4) is 0 Å². The number of fused-ring (bicyclic) bond motifs is 8. The summed E-state index contributed by atoms with van der Waals surface area (Å²) in [6.07, 6.45) is 0. The van der Waals surface area contributed by atoms with Gasteiger partial charge in [0.25, 0.3) is 0 Å². The zero-order valence-corrected chi connectivity index (χ0v) is 25.8. The molecule has 0 bridgehead atoms. The molecule has 0 N–H and O–H groups in total. The number of benzene rings is 7. The molecule has 0 aliphatic carbocycles. The van der Waals surface area contributed by atoms with E-state index in [9.17, 15) is 0 Å². The van der Waals surface area contributed by atoms with Crippen molar-refractivity contribution in [1.82, 2.24) is 24.1 Å². The Morgan fingerprint density at radius 3 is 1.81 bits per heavy atom. The molecule has 48 heavy (non-hydrogen) atoms. The molecule has 224 valence electrons. The summed E-state index contributed by atoms with van der Waals surface area (Å²) < 4.78 is 4.55. The van der Waals surface area contributed by atoms with E-state index < -0.39 is 0 Å². The standard InChI is InChI=1S/C43H27N5/c1-3-15-29(16-4-1)41-44-42(35-22-13-25-38-39(35)34-21-10-12-24-37(34)47(38)30-17-5-2-6-18-30)46-43(45-41)48-36-23-11-9-20-32(36)33-27-26-28-14-7-8-19-31(28)40(33)48/h1-27H. The molecule has 5 heteroatoms. The van der Waals surface area contributed by atoms with Crippen LogP contribution < -0.4 is 0 Å². The predicted octanol–water partition coefficient (Wildman–Crippen LogP) is 10.6. The lowest BCUT2D eigenvalue weighted by atomic mass is 10.1. The molecule has 0 aliphatic rings. The molecule has 0 atom stereocenters. The highest BCUT2D eigenvalue weighted by molar-refractivity contribution is 6.18. The third kappa shape index (κ3) is 3.94. The molecule has 10 aromatic rings. The maximum atomic E-state index is 5.35. The molecule has 10 rings (SSSR count). The lowest BCUT2D eigenvalue weighted by Crippen LogP contribution is -2.06. The minimum atomic E-state index is 0.588. The van der Waals surface area contributed by atoms with Crippen molar-refractivity contribution in [2.24, 2.45) is 0 Å². The molecule has 3 heterocycles. The molecular weight excluding hydrogens is 587 g/mol. The van der Waals surface area contributed by atoms with Crippen molar-refractivity contribution in [1.29, 1.82) is 0 Å². The fraction of sp³-hybridized carbons (Fsp3) is 0. The topological polar surface area (TPSA) is 48.5 Å². The highest BCUT2D eigenvalue weighted by Gasteiger charge is 2.22. The fourth-order valence-corrected chi connectivity index (χ4v) is 7.30. The largest absolute Gasteiger partial charge is 0.309 e. The van der Waals surface area contributed by atoms with Crippen molar-refractivity contribution in [3.63, 3.8) is 0 Å². The monoisotopic (exact) mass is 613 g/mol. The van der Waals surface area contributed by atoms with Crippen LogP contribution in [0.25, 0.3) is 88.8 Å². The average molecular weight is 614 g/mol. The zero-order chi connectivity index (χ0) is 31.6. The third-order valence-electron chi connectivity index (χ3n) is 9.37. The lowest BCUT2D eigenvalue weighted by Gasteiger charge is -2.12. The molecular formula is C43H27N5. The van der Waals surface area contributed by atoms with Crippen LogP contribution in [0.5, 0.6) is 0 Å². The van der Waals surface area contributed by atoms with Gasteiger partial charge >= 0.3 is 0 Å². The molecule has 0 saturated heterocycles. The summed E-state index contributed by atoms with van der Waals surface area (Å²) in [5.41, 5.74) is 7.39. The Bertz CT molecular complexity index is 2830. The van der Waals surface area contributed by atoms with Crippen molar-refractivity contribution >= 4 is 54.4 Å². The van der Waals surface area contributed by atoms with E-state index in [2.05, 4.69) is 155 Å². The summed E-state index contributed by atoms with van der Waals surface area (Å²) in [5, 5.41) is 6.92. The Labute approximate surface area is 276 Å². The predicted molar refractivity (Wildman–Crippen MR) is 197 cm³/mol. The number of nitrogens with zero attached hydrogens (tertiary/aromatic N) is 5. The average Bonchev–Trinajstić information content (AvgIpc) is 3.69. The van der Waals surface area contributed by atoms with Crippen molar-refractivity contribution < 1.29 is 0 Å². The number of hydrogen-bond donors (Lipinski definition) is 0. The van der Waals surface area contributed by atoms with Crippen LogP contribution in [0.1, 0.15) is 0 Å². The van der Waals surface area contributed by atoms with Crippen molar-refractivity contribution in [3.8, 4) is 34.4 Å². The normalized spacial score (nSPS) is 11.8. The fourth-order valence-electron chi connectivity index (χ4n) is 7.30. The number of hydrogen-bond acceptors (Lipinski definition) is 3. The number of aromatic nitrogens is 5. The first-order valence-corrected chi connectivity index (χ1v) is 16.1. The lowest BCUT2D eigenvalue weighted by molar-refractivity contribution is 0.956. The summed E-state index contributed by atoms with van der Waals surface area (Å²) in [5.74, 6) is 1.85. The maximum absolute atomic E-state index is 5.35. The van der Waals surface area contributed by atoms with Crippen LogP contribution in [0, 0.1) is 0 Å². The van der Waals surface area contributed by atoms with Gasteiger partial charge in [-0.1, -0.05) is 133 Å². The Morgan fingerprint density at radius 2 is 1.00 bits per heavy atom. The van der Waals surface area contributed by atoms with Crippen molar-refractivity contribution in [2.75, 3.05) is 0 Å². The van der Waals surface area contributed by atoms with Crippen LogP contribution in [-0.2, 0) is 0 Å². The second-order valence-electron chi connectivity index (χ2n) is 12.1. The Balaban J connectivity index is 1.33. The van der Waals surface area contributed by atoms with Crippen LogP contribution in [0.15, 0.2) is 164 Å². The molecule has 0 spiro atoms. The summed E-state index contributed by atoms with van der Waals surface area (Å²) >= 11 is 0. The summed E-state index contributed by atoms with van der Waals surface area (Å²) in [4.78, 5) is 15.8. The Hall–Kier alpha value is -6.59. The van der Waals surface area contributed by atoms with Crippen molar-refractivity contribution in [3.05, 3.63) is 164 Å². The molecule has 0 unspecified atom stereocenters. The first-order valence-electron chi connectivity index (χ1n) is 16.1. The van der Waals surface area contributed by atoms with Crippen molar-refractivity contribution in [2.45, 2.75) is 0 Å². The molecule has 0 saturated carbocycles. The van der Waals surface area contributed by atoms with E-state index in [-0.39, 0.29) is 0 Å². The van der Waals surface area contributed by atoms with Gasteiger partial charge in [0.2, 0.25) is 5.95 Å². The van der Waals surface area contributed by atoms with Crippen LogP contribution in [0.4, 0.5) is 0 Å². The second kappa shape index (κ2) is 10.5. The van der Waals surface area contributed by atoms with E-state index in [1.807, 2.05) is 18.2 Å². The van der Waals surface area contributed by atoms with E-state index in [0.29, 0.717) is 17.6 Å². The summed E-state index contributed by atoms with van der Waals surface area (Å²) in [6, 6.07) is 57.2. The molecule has 0 aliphatic heterocycles. The van der Waals surface area contributed by atoms with Gasteiger partial charge in [-0.3, -0.25) is 4.57 Å². The van der Waals surface area contributed by atoms with Gasteiger partial charge in [0, 0.05) is 43.7 Å². The van der Waals surface area contributed by atoms with Gasteiger partial charge in [0.15, 0.2) is 11.6 Å². The first-order chi connectivity index (χ1) is 23.8. The van der Waals surface area contributed by atoms with Gasteiger partial charge in [0.1, 0.15) is 0 Å². The zero-order valence-electron chi connectivity index (χ0n) is 25.8. The highest BCUT2D eigenvalue weighted by Crippen LogP contribution is 2.39. The third-order valence-corrected chi connectivity index (χ3v) is 9.37. The van der Waals surface area contributed by atoms with Crippen LogP contribution in [-0.4, -0.2) is 24.1 Å². The van der Waals surface area contributed by atoms with E-state index >= 15 is 0 Å². The Kier molecular flexibility index (Phi) is 5.81. The van der Waals surface area contributed by atoms with Gasteiger partial charge in [-0.2, -0.15) is 9.97 Å². The van der Waals surface area contributed by atoms with Crippen LogP contribution in [0.2, 0.25) is 0 Å². The van der Waals surface area contributed by atoms with Gasteiger partial charge in [-0.15, -0.1) is 0 Å². The molecule has 3 aromatic heterocycles. The van der Waals surface area contributed by atoms with Gasteiger partial charge < -0.3 is 4.57 Å². The minimum absolute atomic E-state index is 0.588. The maximum Gasteiger partial charge on any atom is 0.238 e.